The number of aliphatic hydroxyl groups is 2. The summed E-state index contributed by atoms with van der Waals surface area (Å²) in [6, 6.07) is 0. The highest BCUT2D eigenvalue weighted by molar-refractivity contribution is 5.46. The SMILES string of the molecule is CC1=CC(C)(C(C2=CC(C)C(C)(O)C(C)=C2)C2=CC(C)CCC2C)CC(C)=C1O. The smallest absolute Gasteiger partial charge is 0.117 e. The summed E-state index contributed by atoms with van der Waals surface area (Å²) >= 11 is 0. The van der Waals surface area contributed by atoms with E-state index in [1.165, 1.54) is 24.0 Å². The van der Waals surface area contributed by atoms with Gasteiger partial charge in [-0.1, -0.05) is 57.6 Å². The minimum Gasteiger partial charge on any atom is -0.508 e. The molecule has 0 bridgehead atoms. The van der Waals surface area contributed by atoms with Crippen molar-refractivity contribution < 1.29 is 10.2 Å². The molecule has 2 heteroatoms. The van der Waals surface area contributed by atoms with Crippen molar-refractivity contribution in [3.63, 3.8) is 0 Å². The molecule has 2 nitrogen and oxygen atoms in total. The van der Waals surface area contributed by atoms with Crippen LogP contribution >= 0.6 is 0 Å². The molecule has 0 aliphatic heterocycles. The molecule has 0 spiro atoms. The third-order valence-electron chi connectivity index (χ3n) is 7.91. The Morgan fingerprint density at radius 2 is 1.69 bits per heavy atom. The number of rotatable bonds is 3. The zero-order valence-corrected chi connectivity index (χ0v) is 19.6. The number of aliphatic hydroxyl groups excluding tert-OH is 1. The van der Waals surface area contributed by atoms with Gasteiger partial charge in [-0.15, -0.1) is 0 Å². The zero-order chi connectivity index (χ0) is 21.7. The predicted octanol–water partition coefficient (Wildman–Crippen LogP) is 7.06. The Morgan fingerprint density at radius 3 is 2.28 bits per heavy atom. The first-order valence-electron chi connectivity index (χ1n) is 11.3. The minimum absolute atomic E-state index is 0.0734. The Morgan fingerprint density at radius 1 is 1.03 bits per heavy atom. The van der Waals surface area contributed by atoms with E-state index in [9.17, 15) is 10.2 Å². The molecule has 0 radical (unpaired) electrons. The highest BCUT2D eigenvalue weighted by Gasteiger charge is 2.43. The molecule has 0 aromatic heterocycles. The first kappa shape index (κ1) is 22.2. The third-order valence-corrected chi connectivity index (χ3v) is 7.91. The fraction of sp³-hybridized carbons (Fsp3) is 0.630. The van der Waals surface area contributed by atoms with Gasteiger partial charge < -0.3 is 10.2 Å². The summed E-state index contributed by atoms with van der Waals surface area (Å²) in [5, 5.41) is 21.4. The fourth-order valence-corrected chi connectivity index (χ4v) is 5.82. The van der Waals surface area contributed by atoms with Crippen molar-refractivity contribution in [3.8, 4) is 0 Å². The van der Waals surface area contributed by atoms with Crippen LogP contribution in [0, 0.1) is 29.1 Å². The highest BCUT2D eigenvalue weighted by atomic mass is 16.3. The Labute approximate surface area is 177 Å². The van der Waals surface area contributed by atoms with Crippen LogP contribution in [0.25, 0.3) is 0 Å². The summed E-state index contributed by atoms with van der Waals surface area (Å²) in [5.41, 5.74) is 5.08. The average molecular weight is 397 g/mol. The Hall–Kier alpha value is -1.54. The van der Waals surface area contributed by atoms with E-state index in [2.05, 4.69) is 65.8 Å². The molecular formula is C27H40O2. The molecule has 6 atom stereocenters. The summed E-state index contributed by atoms with van der Waals surface area (Å²) in [6.07, 6.45) is 12.7. The molecule has 3 rings (SSSR count). The minimum atomic E-state index is -0.790. The molecule has 0 aromatic carbocycles. The van der Waals surface area contributed by atoms with Gasteiger partial charge in [-0.2, -0.15) is 0 Å². The summed E-state index contributed by atoms with van der Waals surface area (Å²) in [6.45, 7) is 17.2. The lowest BCUT2D eigenvalue weighted by Gasteiger charge is -2.46. The molecule has 6 unspecified atom stereocenters. The van der Waals surface area contributed by atoms with Gasteiger partial charge in [-0.05, 0) is 81.1 Å². The molecule has 29 heavy (non-hydrogen) atoms. The summed E-state index contributed by atoms with van der Waals surface area (Å²) in [7, 11) is 0. The van der Waals surface area contributed by atoms with Crippen molar-refractivity contribution in [3.05, 3.63) is 57.9 Å². The average Bonchev–Trinajstić information content (AvgIpc) is 2.61. The van der Waals surface area contributed by atoms with Crippen molar-refractivity contribution in [1.29, 1.82) is 0 Å². The van der Waals surface area contributed by atoms with Crippen LogP contribution in [-0.2, 0) is 0 Å². The van der Waals surface area contributed by atoms with Gasteiger partial charge in [0.15, 0.2) is 0 Å². The van der Waals surface area contributed by atoms with Gasteiger partial charge in [0.1, 0.15) is 5.76 Å². The maximum Gasteiger partial charge on any atom is 0.117 e. The topological polar surface area (TPSA) is 40.5 Å². The van der Waals surface area contributed by atoms with Crippen LogP contribution in [0.2, 0.25) is 0 Å². The Bertz CT molecular complexity index is 833. The lowest BCUT2D eigenvalue weighted by atomic mass is 9.59. The summed E-state index contributed by atoms with van der Waals surface area (Å²) < 4.78 is 0. The lowest BCUT2D eigenvalue weighted by Crippen LogP contribution is -2.39. The van der Waals surface area contributed by atoms with Gasteiger partial charge >= 0.3 is 0 Å². The Kier molecular flexibility index (Phi) is 5.82. The highest BCUT2D eigenvalue weighted by Crippen LogP contribution is 2.53. The van der Waals surface area contributed by atoms with Gasteiger partial charge in [0.25, 0.3) is 0 Å². The van der Waals surface area contributed by atoms with Gasteiger partial charge in [0, 0.05) is 17.3 Å². The van der Waals surface area contributed by atoms with E-state index in [1.54, 1.807) is 0 Å². The van der Waals surface area contributed by atoms with Crippen molar-refractivity contribution in [2.75, 3.05) is 0 Å². The molecule has 160 valence electrons. The van der Waals surface area contributed by atoms with Crippen LogP contribution in [0.15, 0.2) is 57.9 Å². The van der Waals surface area contributed by atoms with E-state index < -0.39 is 5.60 Å². The molecule has 0 amide bonds. The van der Waals surface area contributed by atoms with Crippen molar-refractivity contribution in [2.45, 2.75) is 80.3 Å². The van der Waals surface area contributed by atoms with Crippen molar-refractivity contribution in [1.82, 2.24) is 0 Å². The third kappa shape index (κ3) is 3.93. The van der Waals surface area contributed by atoms with Crippen LogP contribution in [0.4, 0.5) is 0 Å². The first-order chi connectivity index (χ1) is 13.4. The van der Waals surface area contributed by atoms with Gasteiger partial charge in [0.05, 0.1) is 5.60 Å². The van der Waals surface area contributed by atoms with Crippen LogP contribution in [0.1, 0.15) is 74.7 Å². The van der Waals surface area contributed by atoms with Crippen molar-refractivity contribution >= 4 is 0 Å². The quantitative estimate of drug-likeness (QED) is 0.501. The normalized spacial score (nSPS) is 39.4. The molecule has 2 N–H and O–H groups in total. The summed E-state index contributed by atoms with van der Waals surface area (Å²) in [4.78, 5) is 0. The lowest BCUT2D eigenvalue weighted by molar-refractivity contribution is 0.0588. The van der Waals surface area contributed by atoms with Gasteiger partial charge in [0.2, 0.25) is 0 Å². The second-order valence-corrected chi connectivity index (χ2v) is 10.6. The first-order valence-corrected chi connectivity index (χ1v) is 11.3. The van der Waals surface area contributed by atoms with Crippen LogP contribution < -0.4 is 0 Å². The largest absolute Gasteiger partial charge is 0.508 e. The van der Waals surface area contributed by atoms with E-state index in [-0.39, 0.29) is 17.3 Å². The van der Waals surface area contributed by atoms with E-state index in [4.69, 9.17) is 0 Å². The second kappa shape index (κ2) is 7.61. The molecule has 0 saturated carbocycles. The van der Waals surface area contributed by atoms with E-state index in [1.807, 2.05) is 13.8 Å². The molecule has 0 heterocycles. The molecular weight excluding hydrogens is 356 g/mol. The predicted molar refractivity (Wildman–Crippen MR) is 123 cm³/mol. The monoisotopic (exact) mass is 396 g/mol. The molecule has 0 fully saturated rings. The molecule has 0 saturated heterocycles. The van der Waals surface area contributed by atoms with Crippen LogP contribution in [-0.4, -0.2) is 15.8 Å². The van der Waals surface area contributed by atoms with Gasteiger partial charge in [-0.3, -0.25) is 0 Å². The molecule has 3 aliphatic rings. The maximum absolute atomic E-state index is 10.9. The second-order valence-electron chi connectivity index (χ2n) is 10.6. The maximum atomic E-state index is 10.9. The Balaban J connectivity index is 2.18. The number of hydrogen-bond donors (Lipinski definition) is 2. The van der Waals surface area contributed by atoms with Crippen LogP contribution in [0.5, 0.6) is 0 Å². The van der Waals surface area contributed by atoms with E-state index in [0.717, 1.165) is 23.1 Å². The van der Waals surface area contributed by atoms with E-state index >= 15 is 0 Å². The summed E-state index contributed by atoms with van der Waals surface area (Å²) in [5.74, 6) is 1.94. The molecule has 3 aliphatic carbocycles. The van der Waals surface area contributed by atoms with Crippen LogP contribution in [0.3, 0.4) is 0 Å². The van der Waals surface area contributed by atoms with Gasteiger partial charge in [-0.25, -0.2) is 0 Å². The van der Waals surface area contributed by atoms with E-state index in [0.29, 0.717) is 17.6 Å². The standard InChI is InChI=1S/C27H40O2/c1-16-9-10-17(2)23(11-16)24(22-12-20(5)27(8,29)21(6)13-22)26(7)14-18(3)25(28)19(4)15-26/h11-14,16-17,20,24,28-29H,9-10,15H2,1-8H3. The number of hydrogen-bond acceptors (Lipinski definition) is 2. The number of allylic oxidation sites excluding steroid dienone is 7. The zero-order valence-electron chi connectivity index (χ0n) is 19.6. The molecule has 0 aromatic rings. The van der Waals surface area contributed by atoms with Crippen molar-refractivity contribution in [2.24, 2.45) is 29.1 Å². The fourth-order valence-electron chi connectivity index (χ4n) is 5.82.